The topological polar surface area (TPSA) is 89.1 Å². The Morgan fingerprint density at radius 3 is 2.52 bits per heavy atom. The van der Waals surface area contributed by atoms with Crippen molar-refractivity contribution in [3.63, 3.8) is 0 Å². The Balaban J connectivity index is 1.94. The number of aromatic nitrogens is 2. The first-order chi connectivity index (χ1) is 13.8. The highest BCUT2D eigenvalue weighted by molar-refractivity contribution is 6.11. The summed E-state index contributed by atoms with van der Waals surface area (Å²) in [6.07, 6.45) is 1.71. The van der Waals surface area contributed by atoms with Crippen molar-refractivity contribution >= 4 is 33.6 Å². The van der Waals surface area contributed by atoms with Crippen LogP contribution in [0, 0.1) is 32.6 Å². The van der Waals surface area contributed by atoms with Gasteiger partial charge in [-0.3, -0.25) is 4.98 Å². The van der Waals surface area contributed by atoms with Crippen LogP contribution in [0.25, 0.3) is 21.8 Å². The molecule has 3 N–H and O–H groups in total. The quantitative estimate of drug-likeness (QED) is 0.377. The molecule has 2 aromatic carbocycles. The molecule has 0 saturated carbocycles. The molecule has 5 heteroatoms. The maximum Gasteiger partial charge on any atom is 0.335 e. The van der Waals surface area contributed by atoms with Crippen molar-refractivity contribution in [2.24, 2.45) is 0 Å². The zero-order valence-corrected chi connectivity index (χ0v) is 16.4. The Labute approximate surface area is 168 Å². The van der Waals surface area contributed by atoms with Gasteiger partial charge < -0.3 is 10.8 Å². The fraction of sp³-hybridized carbons (Fsp3) is 0.125. The van der Waals surface area contributed by atoms with E-state index in [1.807, 2.05) is 26.0 Å². The minimum Gasteiger partial charge on any atom is -0.478 e. The largest absolute Gasteiger partial charge is 0.478 e. The van der Waals surface area contributed by atoms with Gasteiger partial charge in [-0.2, -0.15) is 0 Å². The normalized spacial score (nSPS) is 10.7. The number of fused-ring (bicyclic) bond motifs is 3. The maximum absolute atomic E-state index is 11.3. The smallest absolute Gasteiger partial charge is 0.335 e. The summed E-state index contributed by atoms with van der Waals surface area (Å²) in [5.74, 6) is 5.73. The highest BCUT2D eigenvalue weighted by atomic mass is 16.4. The molecule has 2 heterocycles. The number of anilines is 1. The fourth-order valence-electron chi connectivity index (χ4n) is 3.49. The Morgan fingerprint density at radius 1 is 1.03 bits per heavy atom. The number of carboxylic acids is 1. The van der Waals surface area contributed by atoms with Crippen LogP contribution in [0.4, 0.5) is 5.82 Å². The van der Waals surface area contributed by atoms with E-state index < -0.39 is 5.97 Å². The third kappa shape index (κ3) is 3.26. The first kappa shape index (κ1) is 18.5. The van der Waals surface area contributed by atoms with Crippen LogP contribution in [0.5, 0.6) is 0 Å². The van der Waals surface area contributed by atoms with Crippen molar-refractivity contribution in [1.29, 1.82) is 0 Å². The molecule has 4 aromatic rings. The molecule has 0 amide bonds. The van der Waals surface area contributed by atoms with E-state index in [2.05, 4.69) is 34.8 Å². The summed E-state index contributed by atoms with van der Waals surface area (Å²) in [7, 11) is 0. The average molecular weight is 381 g/mol. The molecule has 2 aromatic heterocycles. The second kappa shape index (κ2) is 6.92. The average Bonchev–Trinajstić information content (AvgIpc) is 2.68. The zero-order valence-electron chi connectivity index (χ0n) is 16.4. The molecule has 29 heavy (non-hydrogen) atoms. The van der Waals surface area contributed by atoms with E-state index in [1.165, 1.54) is 11.6 Å². The molecule has 142 valence electrons. The van der Waals surface area contributed by atoms with E-state index in [0.29, 0.717) is 11.0 Å². The Morgan fingerprint density at radius 2 is 1.79 bits per heavy atom. The molecule has 0 unspecified atom stereocenters. The Bertz CT molecular complexity index is 1380. The van der Waals surface area contributed by atoms with E-state index in [4.69, 9.17) is 5.73 Å². The number of nitrogens with zero attached hydrogens (tertiary/aromatic N) is 2. The van der Waals surface area contributed by atoms with Crippen molar-refractivity contribution in [2.75, 3.05) is 5.73 Å². The molecule has 0 aliphatic rings. The van der Waals surface area contributed by atoms with E-state index in [-0.39, 0.29) is 11.4 Å². The minimum absolute atomic E-state index is 0.167. The van der Waals surface area contributed by atoms with Crippen LogP contribution in [0.1, 0.15) is 38.2 Å². The van der Waals surface area contributed by atoms with Gasteiger partial charge in [0.15, 0.2) is 5.82 Å². The standard InChI is InChI=1S/C24H19N3O2/c1-13-4-5-16(14(2)10-13)6-7-18-12-26-22-21(15(18)3)19-9-8-17(24(28)29)11-20(19)27-23(22)25/h4-5,8-12H,1-3H3,(H2,25,27)(H,28,29). The third-order valence-electron chi connectivity index (χ3n) is 5.05. The van der Waals surface area contributed by atoms with Gasteiger partial charge in [-0.25, -0.2) is 9.78 Å². The first-order valence-corrected chi connectivity index (χ1v) is 9.16. The number of hydrogen-bond donors (Lipinski definition) is 2. The molecule has 0 fully saturated rings. The predicted molar refractivity (Wildman–Crippen MR) is 115 cm³/mol. The lowest BCUT2D eigenvalue weighted by molar-refractivity contribution is 0.0697. The third-order valence-corrected chi connectivity index (χ3v) is 5.05. The number of carboxylic acid groups (broad SMARTS) is 1. The number of rotatable bonds is 1. The summed E-state index contributed by atoms with van der Waals surface area (Å²) in [4.78, 5) is 20.1. The maximum atomic E-state index is 11.3. The van der Waals surface area contributed by atoms with Gasteiger partial charge in [-0.15, -0.1) is 0 Å². The molecular formula is C24H19N3O2. The van der Waals surface area contributed by atoms with E-state index in [1.54, 1.807) is 18.3 Å². The van der Waals surface area contributed by atoms with E-state index in [0.717, 1.165) is 33.0 Å². The van der Waals surface area contributed by atoms with Crippen LogP contribution in [-0.4, -0.2) is 21.0 Å². The summed E-state index contributed by atoms with van der Waals surface area (Å²) in [6, 6.07) is 11.0. The van der Waals surface area contributed by atoms with Gasteiger partial charge in [0.1, 0.15) is 5.52 Å². The molecular weight excluding hydrogens is 362 g/mol. The number of hydrogen-bond acceptors (Lipinski definition) is 4. The highest BCUT2D eigenvalue weighted by Gasteiger charge is 2.14. The van der Waals surface area contributed by atoms with Gasteiger partial charge >= 0.3 is 5.97 Å². The second-order valence-electron chi connectivity index (χ2n) is 7.12. The van der Waals surface area contributed by atoms with Crippen molar-refractivity contribution in [2.45, 2.75) is 20.8 Å². The molecule has 0 saturated heterocycles. The van der Waals surface area contributed by atoms with Gasteiger partial charge in [-0.1, -0.05) is 35.6 Å². The molecule has 4 rings (SSSR count). The molecule has 0 aliphatic heterocycles. The van der Waals surface area contributed by atoms with E-state index >= 15 is 0 Å². The van der Waals surface area contributed by atoms with Gasteiger partial charge in [0.05, 0.1) is 11.1 Å². The molecule has 0 radical (unpaired) electrons. The lowest BCUT2D eigenvalue weighted by atomic mass is 9.99. The van der Waals surface area contributed by atoms with Crippen LogP contribution in [0.3, 0.4) is 0 Å². The number of benzene rings is 2. The molecule has 0 aliphatic carbocycles. The lowest BCUT2D eigenvalue weighted by Crippen LogP contribution is -2.01. The fourth-order valence-corrected chi connectivity index (χ4v) is 3.49. The molecule has 0 spiro atoms. The Hall–Kier alpha value is -3.91. The van der Waals surface area contributed by atoms with Crippen molar-refractivity contribution < 1.29 is 9.90 Å². The zero-order chi connectivity index (χ0) is 20.7. The van der Waals surface area contributed by atoms with Gasteiger partial charge in [0, 0.05) is 28.1 Å². The summed E-state index contributed by atoms with van der Waals surface area (Å²) < 4.78 is 0. The minimum atomic E-state index is -1.00. The number of nitrogen functional groups attached to an aromatic ring is 1. The van der Waals surface area contributed by atoms with Crippen molar-refractivity contribution in [3.8, 4) is 11.8 Å². The van der Waals surface area contributed by atoms with Gasteiger partial charge in [0.25, 0.3) is 0 Å². The molecule has 0 bridgehead atoms. The molecule has 5 nitrogen and oxygen atoms in total. The highest BCUT2D eigenvalue weighted by Crippen LogP contribution is 2.31. The van der Waals surface area contributed by atoms with Crippen LogP contribution in [0.15, 0.2) is 42.6 Å². The van der Waals surface area contributed by atoms with Crippen LogP contribution < -0.4 is 5.73 Å². The summed E-state index contributed by atoms with van der Waals surface area (Å²) >= 11 is 0. The molecule has 0 atom stereocenters. The van der Waals surface area contributed by atoms with Crippen LogP contribution in [0.2, 0.25) is 0 Å². The lowest BCUT2D eigenvalue weighted by Gasteiger charge is -2.10. The number of nitrogens with two attached hydrogens (primary N) is 1. The van der Waals surface area contributed by atoms with Crippen molar-refractivity contribution in [3.05, 3.63) is 76.0 Å². The monoisotopic (exact) mass is 381 g/mol. The van der Waals surface area contributed by atoms with E-state index in [9.17, 15) is 9.90 Å². The number of pyridine rings is 2. The van der Waals surface area contributed by atoms with Crippen LogP contribution in [-0.2, 0) is 0 Å². The van der Waals surface area contributed by atoms with Crippen molar-refractivity contribution in [1.82, 2.24) is 9.97 Å². The summed E-state index contributed by atoms with van der Waals surface area (Å²) in [5, 5.41) is 10.9. The number of aryl methyl sites for hydroxylation is 3. The second-order valence-corrected chi connectivity index (χ2v) is 7.12. The predicted octanol–water partition coefficient (Wildman–Crippen LogP) is 4.39. The summed E-state index contributed by atoms with van der Waals surface area (Å²) in [6.45, 7) is 6.07. The first-order valence-electron chi connectivity index (χ1n) is 9.16. The number of carbonyl (C=O) groups is 1. The Kier molecular flexibility index (Phi) is 4.40. The SMILES string of the molecule is Cc1ccc(C#Cc2cnc3c(N)nc4cc(C(=O)O)ccc4c3c2C)c(C)c1. The number of aromatic carboxylic acids is 1. The van der Waals surface area contributed by atoms with Gasteiger partial charge in [0.2, 0.25) is 0 Å². The van der Waals surface area contributed by atoms with Gasteiger partial charge in [-0.05, 0) is 50.1 Å². The van der Waals surface area contributed by atoms with Crippen LogP contribution >= 0.6 is 0 Å². The summed E-state index contributed by atoms with van der Waals surface area (Å²) in [5.41, 5.74) is 12.4.